The van der Waals surface area contributed by atoms with Crippen LogP contribution in [0, 0.1) is 13.8 Å². The minimum absolute atomic E-state index is 0.384. The molecule has 1 N–H and O–H groups in total. The minimum atomic E-state index is 0.384. The normalized spacial score (nSPS) is 17.9. The maximum atomic E-state index is 6.21. The third-order valence-corrected chi connectivity index (χ3v) is 4.59. The number of para-hydroxylation sites is 1. The molecule has 0 aliphatic carbocycles. The highest BCUT2D eigenvalue weighted by Gasteiger charge is 2.25. The molecule has 0 radical (unpaired) electrons. The lowest BCUT2D eigenvalue weighted by atomic mass is 10.0. The van der Waals surface area contributed by atoms with Crippen LogP contribution in [0.2, 0.25) is 5.02 Å². The van der Waals surface area contributed by atoms with Gasteiger partial charge in [0.1, 0.15) is 0 Å². The van der Waals surface area contributed by atoms with Gasteiger partial charge in [0.2, 0.25) is 0 Å². The summed E-state index contributed by atoms with van der Waals surface area (Å²) in [4.78, 5) is 2.78. The summed E-state index contributed by atoms with van der Waals surface area (Å²) in [6.07, 6.45) is 1.03. The average molecular weight is 264 g/mol. The molecule has 1 aliphatic rings. The first-order chi connectivity index (χ1) is 8.15. The molecule has 1 atom stereocenters. The van der Waals surface area contributed by atoms with Crippen LogP contribution >= 0.6 is 22.9 Å². The SMILES string of the molecule is Cc1cc(C2Cc3cccc(Cl)c3N2)c(C)s1. The monoisotopic (exact) mass is 263 g/mol. The van der Waals surface area contributed by atoms with Gasteiger partial charge in [-0.2, -0.15) is 0 Å². The molecule has 3 rings (SSSR count). The van der Waals surface area contributed by atoms with Crippen LogP contribution in [-0.4, -0.2) is 0 Å². The zero-order valence-corrected chi connectivity index (χ0v) is 11.5. The van der Waals surface area contributed by atoms with Crippen LogP contribution in [0.5, 0.6) is 0 Å². The minimum Gasteiger partial charge on any atom is -0.376 e. The molecule has 0 saturated heterocycles. The van der Waals surface area contributed by atoms with Crippen LogP contribution in [0.4, 0.5) is 5.69 Å². The maximum absolute atomic E-state index is 6.21. The molecule has 17 heavy (non-hydrogen) atoms. The summed E-state index contributed by atoms with van der Waals surface area (Å²) in [5.41, 5.74) is 3.85. The van der Waals surface area contributed by atoms with E-state index >= 15 is 0 Å². The van der Waals surface area contributed by atoms with Gasteiger partial charge in [-0.1, -0.05) is 23.7 Å². The predicted molar refractivity (Wildman–Crippen MR) is 75.3 cm³/mol. The van der Waals surface area contributed by atoms with Crippen molar-refractivity contribution < 1.29 is 0 Å². The quantitative estimate of drug-likeness (QED) is 0.784. The molecule has 1 aliphatic heterocycles. The van der Waals surface area contributed by atoms with Gasteiger partial charge in [0, 0.05) is 9.75 Å². The van der Waals surface area contributed by atoms with Crippen LogP contribution in [0.15, 0.2) is 24.3 Å². The summed E-state index contributed by atoms with van der Waals surface area (Å²) >= 11 is 8.07. The molecule has 0 bridgehead atoms. The summed E-state index contributed by atoms with van der Waals surface area (Å²) in [6, 6.07) is 8.80. The smallest absolute Gasteiger partial charge is 0.0640 e. The molecule has 1 aromatic heterocycles. The highest BCUT2D eigenvalue weighted by Crippen LogP contribution is 2.40. The average Bonchev–Trinajstić information content (AvgIpc) is 2.82. The van der Waals surface area contributed by atoms with Crippen molar-refractivity contribution in [3.05, 3.63) is 50.2 Å². The number of anilines is 1. The standard InChI is InChI=1S/C14H14ClNS/c1-8-6-11(9(2)17-8)13-7-10-4-3-5-12(15)14(10)16-13/h3-6,13,16H,7H2,1-2H3. The first-order valence-corrected chi connectivity index (χ1v) is 6.95. The number of hydrogen-bond acceptors (Lipinski definition) is 2. The highest BCUT2D eigenvalue weighted by molar-refractivity contribution is 7.12. The number of halogens is 1. The van der Waals surface area contributed by atoms with E-state index in [0.29, 0.717) is 6.04 Å². The van der Waals surface area contributed by atoms with E-state index in [9.17, 15) is 0 Å². The molecule has 0 amide bonds. The number of thiophene rings is 1. The van der Waals surface area contributed by atoms with Crippen molar-refractivity contribution >= 4 is 28.6 Å². The number of hydrogen-bond donors (Lipinski definition) is 1. The topological polar surface area (TPSA) is 12.0 Å². The van der Waals surface area contributed by atoms with Crippen LogP contribution in [0.3, 0.4) is 0 Å². The summed E-state index contributed by atoms with van der Waals surface area (Å²) in [5, 5.41) is 4.38. The van der Waals surface area contributed by atoms with Crippen LogP contribution in [0.1, 0.15) is 26.9 Å². The van der Waals surface area contributed by atoms with E-state index in [-0.39, 0.29) is 0 Å². The second-order valence-corrected chi connectivity index (χ2v) is 6.41. The highest BCUT2D eigenvalue weighted by atomic mass is 35.5. The van der Waals surface area contributed by atoms with E-state index in [2.05, 4.69) is 31.3 Å². The molecule has 0 fully saturated rings. The van der Waals surface area contributed by atoms with Gasteiger partial charge in [-0.05, 0) is 43.5 Å². The van der Waals surface area contributed by atoms with Crippen molar-refractivity contribution in [3.8, 4) is 0 Å². The largest absolute Gasteiger partial charge is 0.376 e. The first kappa shape index (κ1) is 11.1. The molecule has 3 heteroatoms. The summed E-state index contributed by atoms with van der Waals surface area (Å²) in [5.74, 6) is 0. The number of rotatable bonds is 1. The summed E-state index contributed by atoms with van der Waals surface area (Å²) in [6.45, 7) is 4.36. The molecule has 1 unspecified atom stereocenters. The number of aryl methyl sites for hydroxylation is 2. The lowest BCUT2D eigenvalue weighted by Crippen LogP contribution is -2.05. The lowest BCUT2D eigenvalue weighted by molar-refractivity contribution is 0.822. The fourth-order valence-electron chi connectivity index (χ4n) is 2.53. The fraction of sp³-hybridized carbons (Fsp3) is 0.286. The molecular formula is C14H14ClNS. The first-order valence-electron chi connectivity index (χ1n) is 5.76. The molecule has 88 valence electrons. The van der Waals surface area contributed by atoms with Gasteiger partial charge in [0.15, 0.2) is 0 Å². The second-order valence-electron chi connectivity index (χ2n) is 4.54. The van der Waals surface area contributed by atoms with Crippen molar-refractivity contribution in [2.75, 3.05) is 5.32 Å². The third-order valence-electron chi connectivity index (χ3n) is 3.30. The van der Waals surface area contributed by atoms with Gasteiger partial charge in [-0.15, -0.1) is 11.3 Å². The van der Waals surface area contributed by atoms with Gasteiger partial charge >= 0.3 is 0 Å². The second kappa shape index (κ2) is 4.04. The predicted octanol–water partition coefficient (Wildman–Crippen LogP) is 4.73. The van der Waals surface area contributed by atoms with Crippen LogP contribution in [0.25, 0.3) is 0 Å². The van der Waals surface area contributed by atoms with E-state index in [1.165, 1.54) is 20.9 Å². The molecular weight excluding hydrogens is 250 g/mol. The number of nitrogens with one attached hydrogen (secondary N) is 1. The Labute approximate surface area is 110 Å². The molecule has 2 aromatic rings. The van der Waals surface area contributed by atoms with Gasteiger partial charge in [0.05, 0.1) is 16.8 Å². The molecule has 1 aromatic carbocycles. The van der Waals surface area contributed by atoms with Crippen molar-refractivity contribution in [2.45, 2.75) is 26.3 Å². The van der Waals surface area contributed by atoms with Gasteiger partial charge < -0.3 is 5.32 Å². The maximum Gasteiger partial charge on any atom is 0.0640 e. The van der Waals surface area contributed by atoms with Crippen LogP contribution < -0.4 is 5.32 Å². The third kappa shape index (κ3) is 1.85. The Morgan fingerprint density at radius 3 is 2.82 bits per heavy atom. The molecule has 1 nitrogen and oxygen atoms in total. The van der Waals surface area contributed by atoms with Crippen molar-refractivity contribution in [2.24, 2.45) is 0 Å². The van der Waals surface area contributed by atoms with E-state index in [1.54, 1.807) is 0 Å². The lowest BCUT2D eigenvalue weighted by Gasteiger charge is -2.11. The van der Waals surface area contributed by atoms with E-state index in [1.807, 2.05) is 23.5 Å². The number of benzene rings is 1. The van der Waals surface area contributed by atoms with E-state index in [0.717, 1.165) is 17.1 Å². The van der Waals surface area contributed by atoms with Crippen molar-refractivity contribution in [3.63, 3.8) is 0 Å². The van der Waals surface area contributed by atoms with Gasteiger partial charge in [-0.25, -0.2) is 0 Å². The molecule has 2 heterocycles. The van der Waals surface area contributed by atoms with Crippen molar-refractivity contribution in [1.82, 2.24) is 0 Å². The molecule has 0 saturated carbocycles. The zero-order valence-electron chi connectivity index (χ0n) is 9.88. The Bertz CT molecular complexity index is 574. The summed E-state index contributed by atoms with van der Waals surface area (Å²) in [7, 11) is 0. The van der Waals surface area contributed by atoms with Gasteiger partial charge in [0.25, 0.3) is 0 Å². The van der Waals surface area contributed by atoms with Gasteiger partial charge in [-0.3, -0.25) is 0 Å². The van der Waals surface area contributed by atoms with E-state index in [4.69, 9.17) is 11.6 Å². The Balaban J connectivity index is 1.97. The van der Waals surface area contributed by atoms with E-state index < -0.39 is 0 Å². The van der Waals surface area contributed by atoms with Crippen molar-refractivity contribution in [1.29, 1.82) is 0 Å². The Morgan fingerprint density at radius 1 is 1.35 bits per heavy atom. The van der Waals surface area contributed by atoms with Crippen LogP contribution in [-0.2, 0) is 6.42 Å². The summed E-state index contributed by atoms with van der Waals surface area (Å²) < 4.78 is 0. The Hall–Kier alpha value is -0.990. The molecule has 0 spiro atoms. The fourth-order valence-corrected chi connectivity index (χ4v) is 3.77. The Kier molecular flexibility index (Phi) is 2.64. The number of fused-ring (bicyclic) bond motifs is 1. The Morgan fingerprint density at radius 2 is 2.18 bits per heavy atom. The zero-order chi connectivity index (χ0) is 12.0.